The molecule has 4 N–H and O–H groups in total. The molecule has 0 aliphatic heterocycles. The number of nitrogens with two attached hydrogens (primary N) is 2. The van der Waals surface area contributed by atoms with Gasteiger partial charge in [-0.05, 0) is 28.8 Å². The highest BCUT2D eigenvalue weighted by molar-refractivity contribution is 5.65. The minimum Gasteiger partial charge on any atom is -0.399 e. The normalized spacial score (nSPS) is 10.2. The summed E-state index contributed by atoms with van der Waals surface area (Å²) in [6, 6.07) is 16.1. The maximum Gasteiger partial charge on any atom is 0.0314 e. The quantitative estimate of drug-likeness (QED) is 0.728. The minimum atomic E-state index is 0.585. The number of nitrogen functional groups attached to an aromatic ring is 1. The first-order chi connectivity index (χ1) is 7.29. The average molecular weight is 198 g/mol. The molecule has 2 rings (SSSR count). The predicted molar refractivity (Wildman–Crippen MR) is 64.2 cm³/mol. The lowest BCUT2D eigenvalue weighted by Gasteiger charge is -2.03. The molecule has 0 saturated heterocycles. The van der Waals surface area contributed by atoms with Crippen LogP contribution >= 0.6 is 0 Å². The molecule has 0 radical (unpaired) electrons. The van der Waals surface area contributed by atoms with Gasteiger partial charge in [0, 0.05) is 12.2 Å². The molecule has 0 heterocycles. The second kappa shape index (κ2) is 4.15. The second-order valence-corrected chi connectivity index (χ2v) is 3.52. The SMILES string of the molecule is NCc1ccc(-c2ccc(N)cc2)cc1. The molecule has 15 heavy (non-hydrogen) atoms. The standard InChI is InChI=1S/C13H14N2/c14-9-10-1-3-11(4-2-10)12-5-7-13(15)8-6-12/h1-8H,9,14-15H2. The van der Waals surface area contributed by atoms with E-state index in [1.54, 1.807) is 0 Å². The molecule has 0 amide bonds. The summed E-state index contributed by atoms with van der Waals surface area (Å²) in [7, 11) is 0. The Kier molecular flexibility index (Phi) is 2.70. The highest BCUT2D eigenvalue weighted by Gasteiger charge is 1.96. The molecular weight excluding hydrogens is 184 g/mol. The molecule has 2 nitrogen and oxygen atoms in total. The molecule has 0 aliphatic carbocycles. The van der Waals surface area contributed by atoms with Gasteiger partial charge in [0.2, 0.25) is 0 Å². The molecule has 0 unspecified atom stereocenters. The Morgan fingerprint density at radius 3 is 1.67 bits per heavy atom. The van der Waals surface area contributed by atoms with Gasteiger partial charge in [0.15, 0.2) is 0 Å². The number of anilines is 1. The van der Waals surface area contributed by atoms with Gasteiger partial charge in [0.25, 0.3) is 0 Å². The summed E-state index contributed by atoms with van der Waals surface area (Å²) in [4.78, 5) is 0. The van der Waals surface area contributed by atoms with Gasteiger partial charge in [0.1, 0.15) is 0 Å². The van der Waals surface area contributed by atoms with Gasteiger partial charge in [0.05, 0.1) is 0 Å². The molecule has 0 fully saturated rings. The van der Waals surface area contributed by atoms with E-state index in [4.69, 9.17) is 11.5 Å². The van der Waals surface area contributed by atoms with E-state index >= 15 is 0 Å². The highest BCUT2D eigenvalue weighted by Crippen LogP contribution is 2.20. The summed E-state index contributed by atoms with van der Waals surface area (Å²) in [5.41, 5.74) is 15.5. The minimum absolute atomic E-state index is 0.585. The van der Waals surface area contributed by atoms with Crippen molar-refractivity contribution in [2.24, 2.45) is 5.73 Å². The topological polar surface area (TPSA) is 52.0 Å². The highest BCUT2D eigenvalue weighted by atomic mass is 14.5. The molecule has 2 heteroatoms. The molecule has 0 atom stereocenters. The average Bonchev–Trinajstić information content (AvgIpc) is 2.30. The predicted octanol–water partition coefficient (Wildman–Crippen LogP) is 2.39. The van der Waals surface area contributed by atoms with Crippen molar-refractivity contribution in [2.75, 3.05) is 5.73 Å². The van der Waals surface area contributed by atoms with Gasteiger partial charge in [-0.2, -0.15) is 0 Å². The van der Waals surface area contributed by atoms with Crippen molar-refractivity contribution in [1.82, 2.24) is 0 Å². The lowest BCUT2D eigenvalue weighted by molar-refractivity contribution is 1.07. The fourth-order valence-corrected chi connectivity index (χ4v) is 1.51. The molecule has 0 aliphatic rings. The van der Waals surface area contributed by atoms with Crippen molar-refractivity contribution >= 4 is 5.69 Å². The Morgan fingerprint density at radius 1 is 0.733 bits per heavy atom. The van der Waals surface area contributed by atoms with Crippen LogP contribution in [0, 0.1) is 0 Å². The van der Waals surface area contributed by atoms with Gasteiger partial charge < -0.3 is 11.5 Å². The fourth-order valence-electron chi connectivity index (χ4n) is 1.51. The van der Waals surface area contributed by atoms with Crippen molar-refractivity contribution in [3.8, 4) is 11.1 Å². The number of benzene rings is 2. The van der Waals surface area contributed by atoms with Crippen LogP contribution in [0.2, 0.25) is 0 Å². The zero-order valence-electron chi connectivity index (χ0n) is 8.48. The second-order valence-electron chi connectivity index (χ2n) is 3.52. The lowest BCUT2D eigenvalue weighted by Crippen LogP contribution is -1.95. The van der Waals surface area contributed by atoms with E-state index in [1.165, 1.54) is 11.1 Å². The third-order valence-corrected chi connectivity index (χ3v) is 2.43. The molecule has 76 valence electrons. The van der Waals surface area contributed by atoms with E-state index in [1.807, 2.05) is 36.4 Å². The van der Waals surface area contributed by atoms with E-state index in [0.717, 1.165) is 11.3 Å². The first kappa shape index (κ1) is 9.74. The maximum absolute atomic E-state index is 5.63. The first-order valence-electron chi connectivity index (χ1n) is 4.94. The van der Waals surface area contributed by atoms with E-state index in [9.17, 15) is 0 Å². The largest absolute Gasteiger partial charge is 0.399 e. The van der Waals surface area contributed by atoms with Crippen molar-refractivity contribution in [3.63, 3.8) is 0 Å². The number of hydrogen-bond donors (Lipinski definition) is 2. The third-order valence-electron chi connectivity index (χ3n) is 2.43. The zero-order valence-corrected chi connectivity index (χ0v) is 8.48. The Bertz CT molecular complexity index is 429. The van der Waals surface area contributed by atoms with Crippen LogP contribution in [0.1, 0.15) is 5.56 Å². The molecule has 0 spiro atoms. The van der Waals surface area contributed by atoms with E-state index < -0.39 is 0 Å². The summed E-state index contributed by atoms with van der Waals surface area (Å²) >= 11 is 0. The van der Waals surface area contributed by atoms with Gasteiger partial charge in [-0.25, -0.2) is 0 Å². The summed E-state index contributed by atoms with van der Waals surface area (Å²) in [6.45, 7) is 0.585. The van der Waals surface area contributed by atoms with Crippen molar-refractivity contribution in [3.05, 3.63) is 54.1 Å². The lowest BCUT2D eigenvalue weighted by atomic mass is 10.0. The van der Waals surface area contributed by atoms with Gasteiger partial charge in [-0.15, -0.1) is 0 Å². The summed E-state index contributed by atoms with van der Waals surface area (Å²) in [5.74, 6) is 0. The third kappa shape index (κ3) is 2.17. The Morgan fingerprint density at radius 2 is 1.20 bits per heavy atom. The van der Waals surface area contributed by atoms with Gasteiger partial charge >= 0.3 is 0 Å². The summed E-state index contributed by atoms with van der Waals surface area (Å²) in [5, 5.41) is 0. The molecule has 0 saturated carbocycles. The van der Waals surface area contributed by atoms with Gasteiger partial charge in [-0.3, -0.25) is 0 Å². The van der Waals surface area contributed by atoms with Crippen LogP contribution in [0.3, 0.4) is 0 Å². The van der Waals surface area contributed by atoms with Crippen molar-refractivity contribution < 1.29 is 0 Å². The van der Waals surface area contributed by atoms with Gasteiger partial charge in [-0.1, -0.05) is 36.4 Å². The van der Waals surface area contributed by atoms with Crippen LogP contribution in [0.25, 0.3) is 11.1 Å². The first-order valence-corrected chi connectivity index (χ1v) is 4.94. The number of rotatable bonds is 2. The zero-order chi connectivity index (χ0) is 10.7. The Hall–Kier alpha value is -1.80. The van der Waals surface area contributed by atoms with Crippen molar-refractivity contribution in [1.29, 1.82) is 0 Å². The van der Waals surface area contributed by atoms with E-state index in [-0.39, 0.29) is 0 Å². The van der Waals surface area contributed by atoms with Crippen LogP contribution in [0.15, 0.2) is 48.5 Å². The van der Waals surface area contributed by atoms with E-state index in [0.29, 0.717) is 6.54 Å². The molecule has 2 aromatic rings. The molecule has 0 aromatic heterocycles. The van der Waals surface area contributed by atoms with Crippen LogP contribution in [0.5, 0.6) is 0 Å². The van der Waals surface area contributed by atoms with Crippen molar-refractivity contribution in [2.45, 2.75) is 6.54 Å². The number of hydrogen-bond acceptors (Lipinski definition) is 2. The molecule has 0 bridgehead atoms. The van der Waals surface area contributed by atoms with Crippen LogP contribution in [0.4, 0.5) is 5.69 Å². The monoisotopic (exact) mass is 198 g/mol. The van der Waals surface area contributed by atoms with Crippen LogP contribution in [-0.2, 0) is 6.54 Å². The smallest absolute Gasteiger partial charge is 0.0314 e. The maximum atomic E-state index is 5.63. The Labute approximate surface area is 89.5 Å². The molecule has 2 aromatic carbocycles. The molecular formula is C13H14N2. The van der Waals surface area contributed by atoms with Crippen LogP contribution in [-0.4, -0.2) is 0 Å². The van der Waals surface area contributed by atoms with E-state index in [2.05, 4.69) is 12.1 Å². The summed E-state index contributed by atoms with van der Waals surface area (Å²) < 4.78 is 0. The Balaban J connectivity index is 2.33. The summed E-state index contributed by atoms with van der Waals surface area (Å²) in [6.07, 6.45) is 0. The van der Waals surface area contributed by atoms with Crippen LogP contribution < -0.4 is 11.5 Å². The fraction of sp³-hybridized carbons (Fsp3) is 0.0769.